The molecule has 0 unspecified atom stereocenters. The van der Waals surface area contributed by atoms with E-state index < -0.39 is 5.97 Å². The van der Waals surface area contributed by atoms with Gasteiger partial charge in [-0.25, -0.2) is 4.79 Å². The smallest absolute Gasteiger partial charge is 0.339 e. The van der Waals surface area contributed by atoms with E-state index in [1.807, 2.05) is 6.07 Å². The molecule has 0 saturated heterocycles. The SMILES string of the molecule is C#CCOC(=O)c1cccc(NCCCO)c1. The number of benzene rings is 1. The summed E-state index contributed by atoms with van der Waals surface area (Å²) >= 11 is 0. The van der Waals surface area contributed by atoms with Crippen molar-refractivity contribution in [1.82, 2.24) is 0 Å². The van der Waals surface area contributed by atoms with E-state index in [0.717, 1.165) is 5.69 Å². The molecule has 0 radical (unpaired) electrons. The van der Waals surface area contributed by atoms with E-state index in [-0.39, 0.29) is 13.2 Å². The lowest BCUT2D eigenvalue weighted by atomic mass is 10.2. The van der Waals surface area contributed by atoms with Gasteiger partial charge in [0.15, 0.2) is 6.61 Å². The summed E-state index contributed by atoms with van der Waals surface area (Å²) in [5, 5.41) is 11.7. The number of aliphatic hydroxyl groups excluding tert-OH is 1. The van der Waals surface area contributed by atoms with Gasteiger partial charge in [-0.3, -0.25) is 0 Å². The van der Waals surface area contributed by atoms with Crippen molar-refractivity contribution in [3.8, 4) is 12.3 Å². The molecule has 2 N–H and O–H groups in total. The predicted molar refractivity (Wildman–Crippen MR) is 65.8 cm³/mol. The molecule has 0 amide bonds. The second-order valence-corrected chi connectivity index (χ2v) is 3.36. The van der Waals surface area contributed by atoms with Crippen LogP contribution in [0.2, 0.25) is 0 Å². The van der Waals surface area contributed by atoms with Gasteiger partial charge >= 0.3 is 5.97 Å². The van der Waals surface area contributed by atoms with Crippen molar-refractivity contribution in [3.05, 3.63) is 29.8 Å². The monoisotopic (exact) mass is 233 g/mol. The number of aliphatic hydroxyl groups is 1. The van der Waals surface area contributed by atoms with Gasteiger partial charge in [0.25, 0.3) is 0 Å². The third kappa shape index (κ3) is 4.58. The highest BCUT2D eigenvalue weighted by molar-refractivity contribution is 5.90. The number of ether oxygens (including phenoxy) is 1. The first-order valence-corrected chi connectivity index (χ1v) is 5.33. The summed E-state index contributed by atoms with van der Waals surface area (Å²) in [6.45, 7) is 0.761. The van der Waals surface area contributed by atoms with Gasteiger partial charge in [0.05, 0.1) is 5.56 Å². The second kappa shape index (κ2) is 7.31. The van der Waals surface area contributed by atoms with E-state index in [1.165, 1.54) is 0 Å². The van der Waals surface area contributed by atoms with Crippen LogP contribution in [0.3, 0.4) is 0 Å². The van der Waals surface area contributed by atoms with E-state index in [1.54, 1.807) is 18.2 Å². The third-order valence-electron chi connectivity index (χ3n) is 2.05. The normalized spacial score (nSPS) is 9.41. The van der Waals surface area contributed by atoms with Gasteiger partial charge in [-0.2, -0.15) is 0 Å². The Balaban J connectivity index is 2.59. The maximum Gasteiger partial charge on any atom is 0.339 e. The van der Waals surface area contributed by atoms with Crippen molar-refractivity contribution >= 4 is 11.7 Å². The van der Waals surface area contributed by atoms with Crippen LogP contribution in [-0.2, 0) is 4.74 Å². The van der Waals surface area contributed by atoms with Crippen LogP contribution < -0.4 is 5.32 Å². The zero-order valence-corrected chi connectivity index (χ0v) is 9.48. The molecule has 0 saturated carbocycles. The van der Waals surface area contributed by atoms with Crippen LogP contribution >= 0.6 is 0 Å². The molecule has 4 heteroatoms. The number of terminal acetylenes is 1. The Bertz CT molecular complexity index is 409. The molecule has 1 aromatic rings. The van der Waals surface area contributed by atoms with Crippen LogP contribution in [0.15, 0.2) is 24.3 Å². The third-order valence-corrected chi connectivity index (χ3v) is 2.05. The Morgan fingerprint density at radius 3 is 3.06 bits per heavy atom. The van der Waals surface area contributed by atoms with Crippen LogP contribution in [0.1, 0.15) is 16.8 Å². The minimum absolute atomic E-state index is 0.0268. The molecule has 0 spiro atoms. The van der Waals surface area contributed by atoms with Crippen molar-refractivity contribution < 1.29 is 14.6 Å². The minimum Gasteiger partial charge on any atom is -0.449 e. The largest absolute Gasteiger partial charge is 0.449 e. The summed E-state index contributed by atoms with van der Waals surface area (Å²) in [6.07, 6.45) is 5.66. The zero-order valence-electron chi connectivity index (χ0n) is 9.48. The molecular weight excluding hydrogens is 218 g/mol. The Morgan fingerprint density at radius 2 is 2.35 bits per heavy atom. The fourth-order valence-electron chi connectivity index (χ4n) is 1.26. The number of carbonyl (C=O) groups excluding carboxylic acids is 1. The number of carbonyl (C=O) groups is 1. The molecule has 0 aromatic heterocycles. The van der Waals surface area contributed by atoms with Gasteiger partial charge in [-0.05, 0) is 24.6 Å². The maximum absolute atomic E-state index is 11.5. The molecule has 0 heterocycles. The Hall–Kier alpha value is -1.99. The molecular formula is C13H15NO3. The molecule has 0 aliphatic heterocycles. The van der Waals surface area contributed by atoms with Crippen LogP contribution in [0.4, 0.5) is 5.69 Å². The predicted octanol–water partition coefficient (Wildman–Crippen LogP) is 1.27. The maximum atomic E-state index is 11.5. The summed E-state index contributed by atoms with van der Waals surface area (Å²) in [5.41, 5.74) is 1.27. The van der Waals surface area contributed by atoms with E-state index in [0.29, 0.717) is 18.5 Å². The highest BCUT2D eigenvalue weighted by atomic mass is 16.5. The number of nitrogens with one attached hydrogen (secondary N) is 1. The van der Waals surface area contributed by atoms with Crippen molar-refractivity contribution in [3.63, 3.8) is 0 Å². The molecule has 4 nitrogen and oxygen atoms in total. The summed E-state index contributed by atoms with van der Waals surface area (Å²) in [4.78, 5) is 11.5. The molecule has 90 valence electrons. The van der Waals surface area contributed by atoms with E-state index in [4.69, 9.17) is 16.3 Å². The lowest BCUT2D eigenvalue weighted by Gasteiger charge is -2.07. The quantitative estimate of drug-likeness (QED) is 0.441. The second-order valence-electron chi connectivity index (χ2n) is 3.36. The molecule has 0 aliphatic rings. The van der Waals surface area contributed by atoms with Crippen molar-refractivity contribution in [2.24, 2.45) is 0 Å². The van der Waals surface area contributed by atoms with Crippen molar-refractivity contribution in [1.29, 1.82) is 0 Å². The van der Waals surface area contributed by atoms with Crippen molar-refractivity contribution in [2.45, 2.75) is 6.42 Å². The first-order chi connectivity index (χ1) is 8.27. The van der Waals surface area contributed by atoms with Crippen LogP contribution in [-0.4, -0.2) is 30.8 Å². The Morgan fingerprint density at radius 1 is 1.53 bits per heavy atom. The van der Waals surface area contributed by atoms with Gasteiger partial charge in [0.2, 0.25) is 0 Å². The van der Waals surface area contributed by atoms with E-state index >= 15 is 0 Å². The fourth-order valence-corrected chi connectivity index (χ4v) is 1.26. The van der Waals surface area contributed by atoms with Gasteiger partial charge in [-0.15, -0.1) is 6.42 Å². The standard InChI is InChI=1S/C13H15NO3/c1-2-9-17-13(16)11-5-3-6-12(10-11)14-7-4-8-15/h1,3,5-6,10,14-15H,4,7-9H2. The first kappa shape index (κ1) is 13.1. The summed E-state index contributed by atoms with van der Waals surface area (Å²) in [6, 6.07) is 6.95. The van der Waals surface area contributed by atoms with E-state index in [9.17, 15) is 4.79 Å². The minimum atomic E-state index is -0.436. The number of anilines is 1. The molecule has 17 heavy (non-hydrogen) atoms. The number of esters is 1. The fraction of sp³-hybridized carbons (Fsp3) is 0.308. The molecule has 0 aliphatic carbocycles. The molecule has 1 rings (SSSR count). The van der Waals surface area contributed by atoms with Crippen molar-refractivity contribution in [2.75, 3.05) is 25.1 Å². The zero-order chi connectivity index (χ0) is 12.5. The Kier molecular flexibility index (Phi) is 5.62. The van der Waals surface area contributed by atoms with Gasteiger partial charge in [0, 0.05) is 18.8 Å². The van der Waals surface area contributed by atoms with E-state index in [2.05, 4.69) is 11.2 Å². The number of hydrogen-bond acceptors (Lipinski definition) is 4. The van der Waals surface area contributed by atoms with Crippen LogP contribution in [0, 0.1) is 12.3 Å². The van der Waals surface area contributed by atoms with Gasteiger partial charge in [-0.1, -0.05) is 12.0 Å². The molecule has 0 fully saturated rings. The summed E-state index contributed by atoms with van der Waals surface area (Å²) in [5.74, 6) is 1.80. The number of hydrogen-bond donors (Lipinski definition) is 2. The molecule has 0 atom stereocenters. The van der Waals surface area contributed by atoms with Crippen LogP contribution in [0.5, 0.6) is 0 Å². The average Bonchev–Trinajstić information content (AvgIpc) is 2.36. The topological polar surface area (TPSA) is 58.6 Å². The highest BCUT2D eigenvalue weighted by Crippen LogP contribution is 2.11. The summed E-state index contributed by atoms with van der Waals surface area (Å²) in [7, 11) is 0. The molecule has 1 aromatic carbocycles. The lowest BCUT2D eigenvalue weighted by molar-refractivity contribution is 0.0557. The first-order valence-electron chi connectivity index (χ1n) is 5.33. The lowest BCUT2D eigenvalue weighted by Crippen LogP contribution is -2.07. The summed E-state index contributed by atoms with van der Waals surface area (Å²) < 4.78 is 4.82. The number of rotatable bonds is 6. The highest BCUT2D eigenvalue weighted by Gasteiger charge is 2.06. The molecule has 0 bridgehead atoms. The van der Waals surface area contributed by atoms with Gasteiger partial charge < -0.3 is 15.2 Å². The van der Waals surface area contributed by atoms with Crippen LogP contribution in [0.25, 0.3) is 0 Å². The average molecular weight is 233 g/mol. The Labute approximate surface area is 101 Å². The van der Waals surface area contributed by atoms with Gasteiger partial charge in [0.1, 0.15) is 0 Å².